The van der Waals surface area contributed by atoms with Gasteiger partial charge in [0.1, 0.15) is 5.75 Å². The average Bonchev–Trinajstić information content (AvgIpc) is 2.42. The first-order valence-corrected chi connectivity index (χ1v) is 8.27. The van der Waals surface area contributed by atoms with Gasteiger partial charge in [0.05, 0.1) is 10.6 Å². The van der Waals surface area contributed by atoms with Crippen LogP contribution in [0, 0.1) is 13.8 Å². The number of aromatic hydroxyl groups is 1. The van der Waals surface area contributed by atoms with Crippen molar-refractivity contribution in [3.05, 3.63) is 52.0 Å². The molecule has 0 aliphatic rings. The number of nitrogens with two attached hydrogens (primary N) is 1. The Morgan fingerprint density at radius 3 is 2.55 bits per heavy atom. The summed E-state index contributed by atoms with van der Waals surface area (Å²) < 4.78 is 23.0. The van der Waals surface area contributed by atoms with Gasteiger partial charge in [-0.05, 0) is 55.3 Å². The first-order valence-electron chi connectivity index (χ1n) is 6.35. The fraction of sp³-hybridized carbons (Fsp3) is 0.133. The van der Waals surface area contributed by atoms with Gasteiger partial charge in [0, 0.05) is 16.8 Å². The highest BCUT2D eigenvalue weighted by molar-refractivity contribution is 7.89. The van der Waals surface area contributed by atoms with Crippen molar-refractivity contribution in [3.63, 3.8) is 0 Å². The van der Waals surface area contributed by atoms with E-state index in [0.717, 1.165) is 11.1 Å². The molecule has 0 amide bonds. The van der Waals surface area contributed by atoms with Gasteiger partial charge in [0.25, 0.3) is 0 Å². The molecule has 0 fully saturated rings. The van der Waals surface area contributed by atoms with Crippen molar-refractivity contribution >= 4 is 33.5 Å². The monoisotopic (exact) mass is 338 g/mol. The lowest BCUT2D eigenvalue weighted by molar-refractivity contribution is 0.474. The van der Waals surface area contributed by atoms with Crippen molar-refractivity contribution in [1.82, 2.24) is 0 Å². The summed E-state index contributed by atoms with van der Waals surface area (Å²) in [5.74, 6) is 0.0325. The summed E-state index contributed by atoms with van der Waals surface area (Å²) in [6.07, 6.45) is 1.43. The fourth-order valence-electron chi connectivity index (χ4n) is 1.87. The van der Waals surface area contributed by atoms with Crippen LogP contribution in [0.15, 0.2) is 40.2 Å². The first-order chi connectivity index (χ1) is 10.2. The predicted molar refractivity (Wildman–Crippen MR) is 87.7 cm³/mol. The number of phenolic OH excluding ortho intramolecular Hbond substituents is 1. The van der Waals surface area contributed by atoms with E-state index in [9.17, 15) is 13.5 Å². The smallest absolute Gasteiger partial charge is 0.238 e. The van der Waals surface area contributed by atoms with Crippen LogP contribution < -0.4 is 5.14 Å². The summed E-state index contributed by atoms with van der Waals surface area (Å²) in [6, 6.07) is 7.48. The minimum atomic E-state index is -3.81. The Morgan fingerprint density at radius 1 is 1.23 bits per heavy atom. The Morgan fingerprint density at radius 2 is 1.91 bits per heavy atom. The zero-order chi connectivity index (χ0) is 16.5. The Kier molecular flexibility index (Phi) is 4.55. The molecule has 0 heterocycles. The van der Waals surface area contributed by atoms with Crippen LogP contribution >= 0.6 is 11.6 Å². The lowest BCUT2D eigenvalue weighted by Gasteiger charge is -2.08. The maximum Gasteiger partial charge on any atom is 0.238 e. The second-order valence-corrected chi connectivity index (χ2v) is 6.89. The van der Waals surface area contributed by atoms with Gasteiger partial charge in [-0.3, -0.25) is 4.99 Å². The number of nitrogens with zero attached hydrogens (tertiary/aromatic N) is 1. The molecule has 5 nitrogen and oxygen atoms in total. The number of aliphatic imine (C=N–C) groups is 1. The lowest BCUT2D eigenvalue weighted by atomic mass is 10.1. The van der Waals surface area contributed by atoms with Gasteiger partial charge in [-0.15, -0.1) is 0 Å². The summed E-state index contributed by atoms with van der Waals surface area (Å²) in [7, 11) is -3.81. The van der Waals surface area contributed by atoms with Gasteiger partial charge in [0.2, 0.25) is 10.0 Å². The van der Waals surface area contributed by atoms with E-state index in [1.165, 1.54) is 24.4 Å². The summed E-state index contributed by atoms with van der Waals surface area (Å²) in [4.78, 5) is 4.25. The van der Waals surface area contributed by atoms with Crippen molar-refractivity contribution < 1.29 is 13.5 Å². The van der Waals surface area contributed by atoms with Crippen molar-refractivity contribution in [2.24, 2.45) is 10.1 Å². The summed E-state index contributed by atoms with van der Waals surface area (Å²) in [6.45, 7) is 3.60. The molecule has 7 heteroatoms. The third-order valence-corrected chi connectivity index (χ3v) is 4.40. The van der Waals surface area contributed by atoms with Gasteiger partial charge in [-0.25, -0.2) is 13.6 Å². The normalized spacial score (nSPS) is 12.0. The van der Waals surface area contributed by atoms with Crippen LogP contribution in [0.3, 0.4) is 0 Å². The highest BCUT2D eigenvalue weighted by Gasteiger charge is 2.12. The molecular formula is C15H15ClN2O3S. The molecular weight excluding hydrogens is 324 g/mol. The van der Waals surface area contributed by atoms with Gasteiger partial charge >= 0.3 is 0 Å². The summed E-state index contributed by atoms with van der Waals surface area (Å²) in [5.41, 5.74) is 2.48. The van der Waals surface area contributed by atoms with Crippen molar-refractivity contribution in [2.75, 3.05) is 0 Å². The van der Waals surface area contributed by atoms with Crippen molar-refractivity contribution in [1.29, 1.82) is 0 Å². The van der Waals surface area contributed by atoms with Crippen LogP contribution in [-0.4, -0.2) is 19.7 Å². The molecule has 0 aliphatic carbocycles. The summed E-state index contributed by atoms with van der Waals surface area (Å²) >= 11 is 5.87. The zero-order valence-electron chi connectivity index (χ0n) is 12.0. The molecule has 116 valence electrons. The lowest BCUT2D eigenvalue weighted by Crippen LogP contribution is -2.12. The number of aryl methyl sites for hydroxylation is 1. The van der Waals surface area contributed by atoms with Crippen LogP contribution in [0.2, 0.25) is 5.02 Å². The van der Waals surface area contributed by atoms with Gasteiger partial charge in [-0.1, -0.05) is 11.6 Å². The largest absolute Gasteiger partial charge is 0.507 e. The Hall–Kier alpha value is -1.89. The Bertz CT molecular complexity index is 861. The fourth-order valence-corrected chi connectivity index (χ4v) is 2.67. The Labute approximate surface area is 134 Å². The maximum absolute atomic E-state index is 11.5. The first kappa shape index (κ1) is 16.5. The Balaban J connectivity index is 2.51. The van der Waals surface area contributed by atoms with E-state index in [-0.39, 0.29) is 10.6 Å². The molecule has 3 N–H and O–H groups in total. The number of primary sulfonamides is 1. The number of sulfonamides is 1. The van der Waals surface area contributed by atoms with E-state index in [0.29, 0.717) is 16.3 Å². The molecule has 0 unspecified atom stereocenters. The van der Waals surface area contributed by atoms with E-state index in [1.807, 2.05) is 6.92 Å². The molecule has 0 spiro atoms. The van der Waals surface area contributed by atoms with E-state index in [4.69, 9.17) is 16.7 Å². The van der Waals surface area contributed by atoms with Crippen LogP contribution in [0.4, 0.5) is 5.69 Å². The van der Waals surface area contributed by atoms with Crippen molar-refractivity contribution in [3.8, 4) is 5.75 Å². The molecule has 22 heavy (non-hydrogen) atoms. The van der Waals surface area contributed by atoms with Crippen LogP contribution in [0.1, 0.15) is 16.7 Å². The van der Waals surface area contributed by atoms with Crippen LogP contribution in [0.5, 0.6) is 5.75 Å². The average molecular weight is 339 g/mol. The second-order valence-electron chi connectivity index (χ2n) is 4.89. The van der Waals surface area contributed by atoms with Crippen LogP contribution in [-0.2, 0) is 10.0 Å². The minimum absolute atomic E-state index is 0.00179. The molecule has 0 atom stereocenters. The molecule has 0 saturated carbocycles. The maximum atomic E-state index is 11.5. The van der Waals surface area contributed by atoms with E-state index in [2.05, 4.69) is 4.99 Å². The number of hydrogen-bond acceptors (Lipinski definition) is 4. The molecule has 0 bridgehead atoms. The highest BCUT2D eigenvalue weighted by Crippen LogP contribution is 2.27. The standard InChI is InChI=1S/C15H15ClN2O3S/c1-9-5-13(22(17,20)21)7-14(10(9)2)18-8-11-6-12(16)3-4-15(11)19/h3-8,19H,1-2H3,(H2,17,20,21). The quantitative estimate of drug-likeness (QED) is 0.842. The third-order valence-electron chi connectivity index (χ3n) is 3.27. The van der Waals surface area contributed by atoms with E-state index in [1.54, 1.807) is 19.1 Å². The van der Waals surface area contributed by atoms with E-state index < -0.39 is 10.0 Å². The molecule has 2 rings (SSSR count). The number of halogens is 1. The molecule has 0 aliphatic heterocycles. The van der Waals surface area contributed by atoms with Gasteiger partial charge < -0.3 is 5.11 Å². The molecule has 2 aromatic rings. The topological polar surface area (TPSA) is 92.8 Å². The molecule has 0 saturated heterocycles. The molecule has 0 aromatic heterocycles. The number of rotatable bonds is 3. The SMILES string of the molecule is Cc1cc(S(N)(=O)=O)cc(N=Cc2cc(Cl)ccc2O)c1C. The van der Waals surface area contributed by atoms with Gasteiger partial charge in [-0.2, -0.15) is 0 Å². The molecule has 0 radical (unpaired) electrons. The third kappa shape index (κ3) is 3.65. The zero-order valence-corrected chi connectivity index (χ0v) is 13.6. The number of phenols is 1. The second kappa shape index (κ2) is 6.08. The highest BCUT2D eigenvalue weighted by atomic mass is 35.5. The molecule has 2 aromatic carbocycles. The van der Waals surface area contributed by atoms with Gasteiger partial charge in [0.15, 0.2) is 0 Å². The van der Waals surface area contributed by atoms with E-state index >= 15 is 0 Å². The van der Waals surface area contributed by atoms with Crippen LogP contribution in [0.25, 0.3) is 0 Å². The van der Waals surface area contributed by atoms with Crippen molar-refractivity contribution in [2.45, 2.75) is 18.7 Å². The predicted octanol–water partition coefficient (Wildman–Crippen LogP) is 3.06. The number of hydrogen-bond donors (Lipinski definition) is 2. The minimum Gasteiger partial charge on any atom is -0.507 e. The number of benzene rings is 2. The summed E-state index contributed by atoms with van der Waals surface area (Å²) in [5, 5.41) is 15.4.